The van der Waals surface area contributed by atoms with Gasteiger partial charge in [0.05, 0.1) is 23.5 Å². The minimum Gasteiger partial charge on any atom is -0.261 e. The highest BCUT2D eigenvalue weighted by Crippen LogP contribution is 2.33. The lowest BCUT2D eigenvalue weighted by molar-refractivity contribution is 0.595. The van der Waals surface area contributed by atoms with E-state index in [9.17, 15) is 8.78 Å². The van der Waals surface area contributed by atoms with Gasteiger partial charge in [-0.05, 0) is 18.2 Å². The molecule has 0 unspecified atom stereocenters. The molecule has 0 aliphatic heterocycles. The van der Waals surface area contributed by atoms with E-state index in [1.807, 2.05) is 6.07 Å². The zero-order valence-corrected chi connectivity index (χ0v) is 11.2. The van der Waals surface area contributed by atoms with Crippen molar-refractivity contribution in [2.24, 2.45) is 0 Å². The maximum absolute atomic E-state index is 14.0. The third kappa shape index (κ3) is 2.61. The summed E-state index contributed by atoms with van der Waals surface area (Å²) in [6.45, 7) is 0. The van der Waals surface area contributed by atoms with Crippen LogP contribution in [0.1, 0.15) is 5.56 Å². The van der Waals surface area contributed by atoms with E-state index in [2.05, 4.69) is 15.0 Å². The average molecular weight is 300 g/mol. The van der Waals surface area contributed by atoms with E-state index >= 15 is 0 Å². The van der Waals surface area contributed by atoms with E-state index in [1.54, 1.807) is 0 Å². The number of hydrogen-bond acceptors (Lipinski definition) is 5. The van der Waals surface area contributed by atoms with Gasteiger partial charge in [-0.2, -0.15) is 9.65 Å². The number of aromatic nitrogens is 3. The Morgan fingerprint density at radius 1 is 1.19 bits per heavy atom. The molecule has 0 N–H and O–H groups in total. The van der Waals surface area contributed by atoms with Crippen molar-refractivity contribution in [2.75, 3.05) is 0 Å². The molecule has 3 aromatic rings. The highest BCUT2D eigenvalue weighted by molar-refractivity contribution is 7.18. The number of pyridine rings is 2. The number of halogens is 2. The van der Waals surface area contributed by atoms with Gasteiger partial charge in [-0.1, -0.05) is 0 Å². The fourth-order valence-corrected chi connectivity index (χ4v) is 2.63. The third-order valence-corrected chi connectivity index (χ3v) is 3.76. The van der Waals surface area contributed by atoms with Crippen molar-refractivity contribution in [1.82, 2.24) is 15.0 Å². The zero-order valence-electron chi connectivity index (χ0n) is 10.4. The molecule has 4 nitrogen and oxygen atoms in total. The zero-order chi connectivity index (χ0) is 14.8. The number of nitriles is 1. The van der Waals surface area contributed by atoms with Gasteiger partial charge in [0.1, 0.15) is 15.7 Å². The monoisotopic (exact) mass is 300 g/mol. The second kappa shape index (κ2) is 5.34. The molecule has 7 heteroatoms. The van der Waals surface area contributed by atoms with Crippen LogP contribution in [-0.2, 0) is 0 Å². The number of hydrogen-bond donors (Lipinski definition) is 0. The van der Waals surface area contributed by atoms with Gasteiger partial charge in [-0.25, -0.2) is 9.37 Å². The third-order valence-electron chi connectivity index (χ3n) is 2.66. The quantitative estimate of drug-likeness (QED) is 0.727. The van der Waals surface area contributed by atoms with Crippen LogP contribution in [0, 0.1) is 23.1 Å². The molecular weight excluding hydrogens is 294 g/mol. The summed E-state index contributed by atoms with van der Waals surface area (Å²) in [6.07, 6.45) is 3.90. The molecular formula is C14H6F2N4S. The highest BCUT2D eigenvalue weighted by atomic mass is 32.1. The van der Waals surface area contributed by atoms with Gasteiger partial charge in [0, 0.05) is 18.0 Å². The topological polar surface area (TPSA) is 62.5 Å². The molecule has 21 heavy (non-hydrogen) atoms. The van der Waals surface area contributed by atoms with Crippen molar-refractivity contribution < 1.29 is 8.78 Å². The van der Waals surface area contributed by atoms with Crippen LogP contribution in [0.15, 0.2) is 36.8 Å². The van der Waals surface area contributed by atoms with Crippen molar-refractivity contribution in [3.05, 3.63) is 54.1 Å². The average Bonchev–Trinajstić information content (AvgIpc) is 2.89. The minimum absolute atomic E-state index is 0.200. The standard InChI is InChI=1S/C14H6F2N4S/c15-10-4-9(6-18-7-10)14-20-13(16)12(21-14)11-3-8(5-17)1-2-19-11/h1-4,6-7H. The maximum Gasteiger partial charge on any atom is 0.233 e. The highest BCUT2D eigenvalue weighted by Gasteiger charge is 2.16. The van der Waals surface area contributed by atoms with Gasteiger partial charge >= 0.3 is 0 Å². The Bertz CT molecular complexity index is 854. The smallest absolute Gasteiger partial charge is 0.233 e. The first-order chi connectivity index (χ1) is 10.2. The van der Waals surface area contributed by atoms with Crippen LogP contribution in [0.25, 0.3) is 21.1 Å². The molecule has 0 bridgehead atoms. The van der Waals surface area contributed by atoms with E-state index < -0.39 is 11.8 Å². The molecule has 0 radical (unpaired) electrons. The van der Waals surface area contributed by atoms with Crippen LogP contribution in [0.2, 0.25) is 0 Å². The molecule has 0 aliphatic carbocycles. The van der Waals surface area contributed by atoms with Crippen molar-refractivity contribution in [3.63, 3.8) is 0 Å². The first-order valence-electron chi connectivity index (χ1n) is 5.81. The maximum atomic E-state index is 14.0. The van der Waals surface area contributed by atoms with E-state index in [4.69, 9.17) is 5.26 Å². The molecule has 0 aromatic carbocycles. The van der Waals surface area contributed by atoms with Crippen LogP contribution < -0.4 is 0 Å². The van der Waals surface area contributed by atoms with Crippen LogP contribution in [0.4, 0.5) is 8.78 Å². The summed E-state index contributed by atoms with van der Waals surface area (Å²) >= 11 is 1.03. The van der Waals surface area contributed by atoms with Gasteiger partial charge < -0.3 is 0 Å². The number of rotatable bonds is 2. The Hall–Kier alpha value is -2.72. The molecule has 102 valence electrons. The minimum atomic E-state index is -0.707. The van der Waals surface area contributed by atoms with Gasteiger partial charge in [0.25, 0.3) is 0 Å². The summed E-state index contributed by atoms with van der Waals surface area (Å²) in [5.41, 5.74) is 1.09. The lowest BCUT2D eigenvalue weighted by Gasteiger charge is -1.96. The van der Waals surface area contributed by atoms with Gasteiger partial charge in [0.15, 0.2) is 0 Å². The van der Waals surface area contributed by atoms with E-state index in [0.29, 0.717) is 21.8 Å². The molecule has 0 saturated carbocycles. The lowest BCUT2D eigenvalue weighted by Crippen LogP contribution is -1.85. The second-order valence-corrected chi connectivity index (χ2v) is 5.07. The second-order valence-electron chi connectivity index (χ2n) is 4.07. The number of nitrogens with zero attached hydrogens (tertiary/aromatic N) is 4. The fraction of sp³-hybridized carbons (Fsp3) is 0. The van der Waals surface area contributed by atoms with Crippen molar-refractivity contribution in [3.8, 4) is 27.2 Å². The Labute approximate surface area is 122 Å². The predicted octanol–water partition coefficient (Wildman–Crippen LogP) is 3.42. The van der Waals surface area contributed by atoms with Crippen molar-refractivity contribution in [1.29, 1.82) is 5.26 Å². The first-order valence-corrected chi connectivity index (χ1v) is 6.63. The largest absolute Gasteiger partial charge is 0.261 e. The van der Waals surface area contributed by atoms with Gasteiger partial charge in [0.2, 0.25) is 5.95 Å². The molecule has 0 amide bonds. The summed E-state index contributed by atoms with van der Waals surface area (Å²) in [5.74, 6) is -1.23. The number of thiazole rings is 1. The summed E-state index contributed by atoms with van der Waals surface area (Å²) in [6, 6.07) is 6.20. The molecule has 0 spiro atoms. The SMILES string of the molecule is N#Cc1ccnc(-c2sc(-c3cncc(F)c3)nc2F)c1. The molecule has 3 heterocycles. The van der Waals surface area contributed by atoms with Gasteiger partial charge in [-0.3, -0.25) is 9.97 Å². The molecule has 0 fully saturated rings. The van der Waals surface area contributed by atoms with Crippen molar-refractivity contribution in [2.45, 2.75) is 0 Å². The van der Waals surface area contributed by atoms with Crippen LogP contribution in [0.3, 0.4) is 0 Å². The summed E-state index contributed by atoms with van der Waals surface area (Å²) in [4.78, 5) is 11.7. The summed E-state index contributed by atoms with van der Waals surface area (Å²) in [7, 11) is 0. The lowest BCUT2D eigenvalue weighted by atomic mass is 10.2. The first kappa shape index (κ1) is 13.3. The Morgan fingerprint density at radius 2 is 2.05 bits per heavy atom. The van der Waals surface area contributed by atoms with Crippen LogP contribution >= 0.6 is 11.3 Å². The van der Waals surface area contributed by atoms with Gasteiger partial charge in [-0.15, -0.1) is 11.3 Å². The predicted molar refractivity (Wildman–Crippen MR) is 73.2 cm³/mol. The Kier molecular flexibility index (Phi) is 3.38. The molecule has 0 saturated heterocycles. The van der Waals surface area contributed by atoms with E-state index in [0.717, 1.165) is 17.5 Å². The molecule has 3 aromatic heterocycles. The van der Waals surface area contributed by atoms with E-state index in [1.165, 1.54) is 30.6 Å². The normalized spacial score (nSPS) is 10.3. The van der Waals surface area contributed by atoms with Crippen LogP contribution in [-0.4, -0.2) is 15.0 Å². The molecule has 0 aliphatic rings. The summed E-state index contributed by atoms with van der Waals surface area (Å²) < 4.78 is 27.1. The fourth-order valence-electron chi connectivity index (χ4n) is 1.74. The molecule has 0 atom stereocenters. The van der Waals surface area contributed by atoms with E-state index in [-0.39, 0.29) is 4.88 Å². The Balaban J connectivity index is 2.08. The van der Waals surface area contributed by atoms with Crippen molar-refractivity contribution >= 4 is 11.3 Å². The Morgan fingerprint density at radius 3 is 2.81 bits per heavy atom. The summed E-state index contributed by atoms with van der Waals surface area (Å²) in [5, 5.41) is 9.16. The molecule has 3 rings (SSSR count). The van der Waals surface area contributed by atoms with Crippen LogP contribution in [0.5, 0.6) is 0 Å².